The lowest BCUT2D eigenvalue weighted by Gasteiger charge is -2.23. The summed E-state index contributed by atoms with van der Waals surface area (Å²) in [5, 5.41) is 16.1. The number of para-hydroxylation sites is 1. The molecule has 0 radical (unpaired) electrons. The van der Waals surface area contributed by atoms with E-state index in [1.807, 2.05) is 0 Å². The van der Waals surface area contributed by atoms with Crippen LogP contribution in [-0.4, -0.2) is 36.6 Å². The molecule has 1 saturated heterocycles. The normalized spacial score (nSPS) is 18.6. The maximum atomic E-state index is 13.6. The minimum absolute atomic E-state index is 0.0610. The lowest BCUT2D eigenvalue weighted by molar-refractivity contribution is -0.384. The van der Waals surface area contributed by atoms with Gasteiger partial charge >= 0.3 is 0 Å². The van der Waals surface area contributed by atoms with Crippen LogP contribution in [0.5, 0.6) is 0 Å². The predicted octanol–water partition coefficient (Wildman–Crippen LogP) is 1.05. The zero-order valence-electron chi connectivity index (χ0n) is 10.6. The van der Waals surface area contributed by atoms with Crippen molar-refractivity contribution in [2.24, 2.45) is 0 Å². The average molecular weight is 283 g/mol. The number of anilines is 1. The van der Waals surface area contributed by atoms with Crippen molar-refractivity contribution < 1.29 is 18.8 Å². The number of morpholine rings is 1. The van der Waals surface area contributed by atoms with Gasteiger partial charge in [0.1, 0.15) is 0 Å². The molecule has 1 aromatic carbocycles. The van der Waals surface area contributed by atoms with Crippen molar-refractivity contribution in [1.82, 2.24) is 5.32 Å². The number of nitrogens with one attached hydrogen (secondary N) is 2. The van der Waals surface area contributed by atoms with Crippen LogP contribution in [0.4, 0.5) is 15.8 Å². The first-order valence-corrected chi connectivity index (χ1v) is 6.12. The number of nitro groups is 1. The van der Waals surface area contributed by atoms with E-state index in [4.69, 9.17) is 4.74 Å². The van der Waals surface area contributed by atoms with Gasteiger partial charge in [-0.25, -0.2) is 4.39 Å². The maximum Gasteiger partial charge on any atom is 0.295 e. The molecule has 108 valence electrons. The number of nitrogens with zero attached hydrogens (tertiary/aromatic N) is 1. The van der Waals surface area contributed by atoms with Gasteiger partial charge in [-0.2, -0.15) is 0 Å². The van der Waals surface area contributed by atoms with Crippen LogP contribution >= 0.6 is 0 Å². The quantitative estimate of drug-likeness (QED) is 0.636. The Hall–Kier alpha value is -2.06. The van der Waals surface area contributed by atoms with Crippen molar-refractivity contribution in [3.63, 3.8) is 0 Å². The van der Waals surface area contributed by atoms with Crippen molar-refractivity contribution in [3.8, 4) is 0 Å². The molecule has 1 aromatic rings. The first-order valence-electron chi connectivity index (χ1n) is 6.12. The topological polar surface area (TPSA) is 93.5 Å². The smallest absolute Gasteiger partial charge is 0.295 e. The molecule has 1 amide bonds. The molecule has 1 heterocycles. The van der Waals surface area contributed by atoms with Crippen LogP contribution in [0.15, 0.2) is 18.2 Å². The van der Waals surface area contributed by atoms with Gasteiger partial charge in [0.25, 0.3) is 5.69 Å². The molecule has 0 bridgehead atoms. The molecule has 0 saturated carbocycles. The van der Waals surface area contributed by atoms with E-state index >= 15 is 0 Å². The minimum atomic E-state index is -0.833. The standard InChI is InChI=1S/C12H14FN3O4/c13-9-2-1-3-10(16(18)19)12(9)15-11(17)6-8-7-20-5-4-14-8/h1-3,8,14H,4-7H2,(H,15,17). The zero-order valence-corrected chi connectivity index (χ0v) is 10.6. The summed E-state index contributed by atoms with van der Waals surface area (Å²) in [6.07, 6.45) is 0.0610. The van der Waals surface area contributed by atoms with Crippen molar-refractivity contribution in [2.75, 3.05) is 25.1 Å². The highest BCUT2D eigenvalue weighted by atomic mass is 19.1. The summed E-state index contributed by atoms with van der Waals surface area (Å²) in [7, 11) is 0. The first kappa shape index (κ1) is 14.4. The number of hydrogen-bond acceptors (Lipinski definition) is 5. The second kappa shape index (κ2) is 6.40. The van der Waals surface area contributed by atoms with Crippen molar-refractivity contribution in [1.29, 1.82) is 0 Å². The number of nitro benzene ring substituents is 1. The highest BCUT2D eigenvalue weighted by Crippen LogP contribution is 2.27. The van der Waals surface area contributed by atoms with Gasteiger partial charge in [-0.05, 0) is 6.07 Å². The SMILES string of the molecule is O=C(CC1COCCN1)Nc1c(F)cccc1[N+](=O)[O-]. The van der Waals surface area contributed by atoms with Gasteiger partial charge in [-0.1, -0.05) is 6.07 Å². The zero-order chi connectivity index (χ0) is 14.5. The third-order valence-corrected chi connectivity index (χ3v) is 2.88. The molecular weight excluding hydrogens is 269 g/mol. The van der Waals surface area contributed by atoms with Gasteiger partial charge < -0.3 is 15.4 Å². The van der Waals surface area contributed by atoms with E-state index in [2.05, 4.69) is 10.6 Å². The van der Waals surface area contributed by atoms with Crippen molar-refractivity contribution in [3.05, 3.63) is 34.1 Å². The summed E-state index contributed by atoms with van der Waals surface area (Å²) in [6, 6.07) is 3.25. The highest BCUT2D eigenvalue weighted by molar-refractivity contribution is 5.93. The summed E-state index contributed by atoms with van der Waals surface area (Å²) in [5.41, 5.74) is -0.870. The Balaban J connectivity index is 2.05. The average Bonchev–Trinajstić information content (AvgIpc) is 2.42. The first-order chi connectivity index (χ1) is 9.58. The molecule has 0 spiro atoms. The van der Waals surface area contributed by atoms with Gasteiger partial charge in [-0.15, -0.1) is 0 Å². The predicted molar refractivity (Wildman–Crippen MR) is 68.9 cm³/mol. The highest BCUT2D eigenvalue weighted by Gasteiger charge is 2.22. The molecule has 1 atom stereocenters. The summed E-state index contributed by atoms with van der Waals surface area (Å²) in [4.78, 5) is 21.9. The molecule has 0 aliphatic carbocycles. The third kappa shape index (κ3) is 3.49. The van der Waals surface area contributed by atoms with Crippen LogP contribution in [0.25, 0.3) is 0 Å². The Labute approximate surface area is 114 Å². The fraction of sp³-hybridized carbons (Fsp3) is 0.417. The molecule has 0 aromatic heterocycles. The van der Waals surface area contributed by atoms with Crippen LogP contribution in [0.1, 0.15) is 6.42 Å². The number of ether oxygens (including phenoxy) is 1. The van der Waals surface area contributed by atoms with Crippen LogP contribution in [-0.2, 0) is 9.53 Å². The molecule has 2 rings (SSSR count). The Morgan fingerprint density at radius 1 is 1.60 bits per heavy atom. The Morgan fingerprint density at radius 3 is 3.05 bits per heavy atom. The molecule has 1 fully saturated rings. The van der Waals surface area contributed by atoms with E-state index in [9.17, 15) is 19.3 Å². The molecular formula is C12H14FN3O4. The van der Waals surface area contributed by atoms with Gasteiger partial charge in [0, 0.05) is 25.1 Å². The molecule has 8 heteroatoms. The number of rotatable bonds is 4. The number of hydrogen-bond donors (Lipinski definition) is 2. The lowest BCUT2D eigenvalue weighted by Crippen LogP contribution is -2.43. The lowest BCUT2D eigenvalue weighted by atomic mass is 10.2. The van der Waals surface area contributed by atoms with E-state index in [0.717, 1.165) is 12.1 Å². The number of carbonyl (C=O) groups excluding carboxylic acids is 1. The summed E-state index contributed by atoms with van der Waals surface area (Å²) in [5.74, 6) is -1.33. The second-order valence-corrected chi connectivity index (χ2v) is 4.37. The fourth-order valence-electron chi connectivity index (χ4n) is 1.95. The number of carbonyl (C=O) groups is 1. The number of halogens is 1. The second-order valence-electron chi connectivity index (χ2n) is 4.37. The molecule has 1 unspecified atom stereocenters. The van der Waals surface area contributed by atoms with Crippen LogP contribution in [0, 0.1) is 15.9 Å². The van der Waals surface area contributed by atoms with E-state index in [1.165, 1.54) is 6.07 Å². The number of amides is 1. The minimum Gasteiger partial charge on any atom is -0.378 e. The van der Waals surface area contributed by atoms with Gasteiger partial charge in [-0.3, -0.25) is 14.9 Å². The monoisotopic (exact) mass is 283 g/mol. The maximum absolute atomic E-state index is 13.6. The van der Waals surface area contributed by atoms with Gasteiger partial charge in [0.2, 0.25) is 5.91 Å². The van der Waals surface area contributed by atoms with E-state index in [0.29, 0.717) is 19.8 Å². The van der Waals surface area contributed by atoms with Crippen molar-refractivity contribution in [2.45, 2.75) is 12.5 Å². The van der Waals surface area contributed by atoms with E-state index in [1.54, 1.807) is 0 Å². The molecule has 7 nitrogen and oxygen atoms in total. The van der Waals surface area contributed by atoms with Gasteiger partial charge in [0.05, 0.1) is 18.1 Å². The largest absolute Gasteiger partial charge is 0.378 e. The molecule has 1 aliphatic heterocycles. The third-order valence-electron chi connectivity index (χ3n) is 2.88. The number of benzene rings is 1. The summed E-state index contributed by atoms with van der Waals surface area (Å²) >= 11 is 0. The summed E-state index contributed by atoms with van der Waals surface area (Å²) in [6.45, 7) is 1.60. The fourth-order valence-corrected chi connectivity index (χ4v) is 1.95. The van der Waals surface area contributed by atoms with E-state index < -0.39 is 28.0 Å². The van der Waals surface area contributed by atoms with E-state index in [-0.39, 0.29) is 12.5 Å². The Bertz CT molecular complexity index is 517. The van der Waals surface area contributed by atoms with Crippen LogP contribution < -0.4 is 10.6 Å². The molecule has 20 heavy (non-hydrogen) atoms. The van der Waals surface area contributed by atoms with Crippen molar-refractivity contribution >= 4 is 17.3 Å². The Kier molecular flexibility index (Phi) is 4.59. The summed E-state index contributed by atoms with van der Waals surface area (Å²) < 4.78 is 18.8. The molecule has 2 N–H and O–H groups in total. The van der Waals surface area contributed by atoms with Crippen LogP contribution in [0.3, 0.4) is 0 Å². The van der Waals surface area contributed by atoms with Crippen LogP contribution in [0.2, 0.25) is 0 Å². The molecule has 1 aliphatic rings. The Morgan fingerprint density at radius 2 is 2.40 bits per heavy atom. The van der Waals surface area contributed by atoms with Gasteiger partial charge in [0.15, 0.2) is 11.5 Å².